The Bertz CT molecular complexity index is 454. The van der Waals surface area contributed by atoms with Gasteiger partial charge in [-0.2, -0.15) is 0 Å². The Morgan fingerprint density at radius 1 is 1.50 bits per heavy atom. The van der Waals surface area contributed by atoms with Crippen molar-refractivity contribution in [3.63, 3.8) is 0 Å². The Morgan fingerprint density at radius 3 is 2.83 bits per heavy atom. The van der Waals surface area contributed by atoms with Gasteiger partial charge in [-0.25, -0.2) is 0 Å². The van der Waals surface area contributed by atoms with E-state index in [2.05, 4.69) is 24.1 Å². The van der Waals surface area contributed by atoms with Gasteiger partial charge in [0.1, 0.15) is 0 Å². The second kappa shape index (κ2) is 6.59. The van der Waals surface area contributed by atoms with Crippen molar-refractivity contribution in [1.29, 1.82) is 0 Å². The highest BCUT2D eigenvalue weighted by Crippen LogP contribution is 2.21. The van der Waals surface area contributed by atoms with Gasteiger partial charge in [-0.3, -0.25) is 9.59 Å². The molecule has 0 aliphatic heterocycles. The van der Waals surface area contributed by atoms with E-state index in [1.54, 1.807) is 6.07 Å². The molecule has 100 valence electrons. The fourth-order valence-corrected chi connectivity index (χ4v) is 1.77. The summed E-state index contributed by atoms with van der Waals surface area (Å²) >= 11 is 5.66. The maximum Gasteiger partial charge on any atom is 0.251 e. The Morgan fingerprint density at radius 2 is 2.22 bits per heavy atom. The average Bonchev–Trinajstić information content (AvgIpc) is 2.34. The summed E-state index contributed by atoms with van der Waals surface area (Å²) in [4.78, 5) is 25.4. The lowest BCUT2D eigenvalue weighted by molar-refractivity contribution is 0.0934. The number of nitrogens with one attached hydrogen (secondary N) is 2. The lowest BCUT2D eigenvalue weighted by Crippen LogP contribution is -2.34. The minimum absolute atomic E-state index is 0.00570. The topological polar surface area (TPSA) is 62.0 Å². The van der Waals surface area contributed by atoms with Crippen LogP contribution in [0.25, 0.3) is 0 Å². The van der Waals surface area contributed by atoms with Gasteiger partial charge in [0.05, 0.1) is 0 Å². The van der Waals surface area contributed by atoms with Crippen LogP contribution in [0.3, 0.4) is 0 Å². The van der Waals surface area contributed by atoms with Crippen molar-refractivity contribution < 1.29 is 4.79 Å². The van der Waals surface area contributed by atoms with Crippen molar-refractivity contribution >= 4 is 17.5 Å². The maximum atomic E-state index is 11.8. The molecule has 0 spiro atoms. The summed E-state index contributed by atoms with van der Waals surface area (Å²) in [6.45, 7) is 4.73. The number of pyridine rings is 1. The van der Waals surface area contributed by atoms with Crippen molar-refractivity contribution in [1.82, 2.24) is 10.3 Å². The highest BCUT2D eigenvalue weighted by molar-refractivity contribution is 6.17. The van der Waals surface area contributed by atoms with Gasteiger partial charge in [-0.15, -0.1) is 11.6 Å². The molecule has 0 aliphatic rings. The molecule has 5 heteroatoms. The molecule has 2 N–H and O–H groups in total. The molecule has 0 unspecified atom stereocenters. The number of hydrogen-bond acceptors (Lipinski definition) is 2. The van der Waals surface area contributed by atoms with E-state index in [-0.39, 0.29) is 16.9 Å². The number of H-pyrrole nitrogens is 1. The van der Waals surface area contributed by atoms with E-state index in [9.17, 15) is 9.59 Å². The standard InChI is InChI=1S/C13H19ClN2O2/c1-13(2,5-3-6-14)9-16-12(18)10-4-7-15-11(17)8-10/h4,7-8H,3,5-6,9H2,1-2H3,(H,15,17)(H,16,18). The molecule has 1 heterocycles. The molecule has 0 saturated heterocycles. The van der Waals surface area contributed by atoms with Crippen LogP contribution in [0.4, 0.5) is 0 Å². The Hall–Kier alpha value is -1.29. The summed E-state index contributed by atoms with van der Waals surface area (Å²) in [6, 6.07) is 2.88. The van der Waals surface area contributed by atoms with Crippen molar-refractivity contribution in [3.05, 3.63) is 34.2 Å². The third-order valence-corrected chi connectivity index (χ3v) is 3.02. The second-order valence-electron chi connectivity index (χ2n) is 5.08. The molecule has 1 aromatic rings. The van der Waals surface area contributed by atoms with E-state index in [0.29, 0.717) is 18.0 Å². The molecule has 1 aromatic heterocycles. The molecule has 18 heavy (non-hydrogen) atoms. The van der Waals surface area contributed by atoms with Crippen LogP contribution in [0, 0.1) is 5.41 Å². The van der Waals surface area contributed by atoms with Gasteiger partial charge in [0.2, 0.25) is 5.56 Å². The first-order valence-electron chi connectivity index (χ1n) is 5.97. The molecule has 0 fully saturated rings. The van der Waals surface area contributed by atoms with Crippen LogP contribution < -0.4 is 10.9 Å². The summed E-state index contributed by atoms with van der Waals surface area (Å²) in [5.74, 6) is 0.408. The SMILES string of the molecule is CC(C)(CCCCl)CNC(=O)c1cc[nH]c(=O)c1. The third kappa shape index (κ3) is 4.92. The van der Waals surface area contributed by atoms with Crippen LogP contribution in [-0.2, 0) is 0 Å². The minimum Gasteiger partial charge on any atom is -0.351 e. The first kappa shape index (κ1) is 14.8. The number of hydrogen-bond donors (Lipinski definition) is 2. The maximum absolute atomic E-state index is 11.8. The molecular formula is C13H19ClN2O2. The van der Waals surface area contributed by atoms with E-state index in [4.69, 9.17) is 11.6 Å². The molecule has 1 rings (SSSR count). The molecule has 1 amide bonds. The monoisotopic (exact) mass is 270 g/mol. The molecule has 0 bridgehead atoms. The smallest absolute Gasteiger partial charge is 0.251 e. The fourth-order valence-electron chi connectivity index (χ4n) is 1.64. The number of carbonyl (C=O) groups excluding carboxylic acids is 1. The van der Waals surface area contributed by atoms with E-state index < -0.39 is 0 Å². The van der Waals surface area contributed by atoms with Crippen LogP contribution in [0.5, 0.6) is 0 Å². The number of carbonyl (C=O) groups is 1. The normalized spacial score (nSPS) is 11.3. The predicted octanol–water partition coefficient (Wildman–Crippen LogP) is 2.15. The Balaban J connectivity index is 2.53. The number of amides is 1. The summed E-state index contributed by atoms with van der Waals surface area (Å²) < 4.78 is 0. The number of alkyl halides is 1. The highest BCUT2D eigenvalue weighted by Gasteiger charge is 2.18. The number of aromatic nitrogens is 1. The Kier molecular flexibility index (Phi) is 5.41. The predicted molar refractivity (Wildman–Crippen MR) is 73.1 cm³/mol. The van der Waals surface area contributed by atoms with Crippen LogP contribution in [-0.4, -0.2) is 23.3 Å². The molecule has 0 aliphatic carbocycles. The van der Waals surface area contributed by atoms with Crippen molar-refractivity contribution in [3.8, 4) is 0 Å². The first-order valence-corrected chi connectivity index (χ1v) is 6.51. The van der Waals surface area contributed by atoms with Gasteiger partial charge in [-0.1, -0.05) is 13.8 Å². The van der Waals surface area contributed by atoms with Crippen molar-refractivity contribution in [2.45, 2.75) is 26.7 Å². The zero-order valence-corrected chi connectivity index (χ0v) is 11.5. The number of halogens is 1. The van der Waals surface area contributed by atoms with Crippen LogP contribution >= 0.6 is 11.6 Å². The molecule has 4 nitrogen and oxygen atoms in total. The van der Waals surface area contributed by atoms with Gasteiger partial charge >= 0.3 is 0 Å². The average molecular weight is 271 g/mol. The molecule has 0 radical (unpaired) electrons. The van der Waals surface area contributed by atoms with Crippen LogP contribution in [0.15, 0.2) is 23.1 Å². The van der Waals surface area contributed by atoms with E-state index in [0.717, 1.165) is 12.8 Å². The molecule has 0 aromatic carbocycles. The van der Waals surface area contributed by atoms with Gasteiger partial charge < -0.3 is 10.3 Å². The fraction of sp³-hybridized carbons (Fsp3) is 0.538. The largest absolute Gasteiger partial charge is 0.351 e. The first-order chi connectivity index (χ1) is 8.44. The van der Waals surface area contributed by atoms with Gasteiger partial charge in [-0.05, 0) is 24.3 Å². The van der Waals surface area contributed by atoms with Gasteiger partial charge in [0, 0.05) is 30.3 Å². The van der Waals surface area contributed by atoms with E-state index in [1.165, 1.54) is 12.3 Å². The molecule has 0 atom stereocenters. The van der Waals surface area contributed by atoms with Crippen molar-refractivity contribution in [2.24, 2.45) is 5.41 Å². The minimum atomic E-state index is -0.274. The van der Waals surface area contributed by atoms with Gasteiger partial charge in [0.15, 0.2) is 0 Å². The number of rotatable bonds is 6. The van der Waals surface area contributed by atoms with E-state index in [1.807, 2.05) is 0 Å². The quantitative estimate of drug-likeness (QED) is 0.778. The summed E-state index contributed by atoms with van der Waals surface area (Å²) in [5, 5.41) is 2.84. The summed E-state index contributed by atoms with van der Waals surface area (Å²) in [5.41, 5.74) is 0.113. The lowest BCUT2D eigenvalue weighted by Gasteiger charge is -2.24. The summed E-state index contributed by atoms with van der Waals surface area (Å²) in [7, 11) is 0. The van der Waals surface area contributed by atoms with Crippen molar-refractivity contribution in [2.75, 3.05) is 12.4 Å². The molecular weight excluding hydrogens is 252 g/mol. The second-order valence-corrected chi connectivity index (χ2v) is 5.46. The third-order valence-electron chi connectivity index (χ3n) is 2.75. The highest BCUT2D eigenvalue weighted by atomic mass is 35.5. The lowest BCUT2D eigenvalue weighted by atomic mass is 9.88. The van der Waals surface area contributed by atoms with Crippen LogP contribution in [0.2, 0.25) is 0 Å². The summed E-state index contributed by atoms with van der Waals surface area (Å²) in [6.07, 6.45) is 3.34. The number of aromatic amines is 1. The zero-order chi connectivity index (χ0) is 13.6. The zero-order valence-electron chi connectivity index (χ0n) is 10.8. The van der Waals surface area contributed by atoms with Crippen LogP contribution in [0.1, 0.15) is 37.0 Å². The molecule has 0 saturated carbocycles. The Labute approximate surface area is 112 Å². The van der Waals surface area contributed by atoms with E-state index >= 15 is 0 Å². The van der Waals surface area contributed by atoms with Gasteiger partial charge in [0.25, 0.3) is 5.91 Å².